The van der Waals surface area contributed by atoms with Gasteiger partial charge in [-0.2, -0.15) is 0 Å². The van der Waals surface area contributed by atoms with Crippen molar-refractivity contribution in [1.29, 1.82) is 0 Å². The highest BCUT2D eigenvalue weighted by Crippen LogP contribution is 2.32. The lowest BCUT2D eigenvalue weighted by atomic mass is 9.93. The van der Waals surface area contributed by atoms with Crippen molar-refractivity contribution >= 4 is 0 Å². The molecule has 0 aromatic heterocycles. The zero-order chi connectivity index (χ0) is 17.9. The lowest BCUT2D eigenvalue weighted by Gasteiger charge is -2.19. The van der Waals surface area contributed by atoms with E-state index < -0.39 is 12.4 Å². The summed E-state index contributed by atoms with van der Waals surface area (Å²) in [6, 6.07) is 10.8. The summed E-state index contributed by atoms with van der Waals surface area (Å²) in [6.45, 7) is 4.14. The topological polar surface area (TPSA) is 44.5 Å². The van der Waals surface area contributed by atoms with Gasteiger partial charge >= 0.3 is 6.36 Å². The van der Waals surface area contributed by atoms with Gasteiger partial charge in [-0.15, -0.1) is 13.2 Å². The van der Waals surface area contributed by atoms with Gasteiger partial charge in [-0.3, -0.25) is 0 Å². The first kappa shape index (κ1) is 18.1. The molecule has 0 bridgehead atoms. The van der Waals surface area contributed by atoms with Crippen LogP contribution in [-0.2, 0) is 0 Å². The third kappa shape index (κ3) is 4.41. The lowest BCUT2D eigenvalue weighted by molar-refractivity contribution is -0.274. The quantitative estimate of drug-likeness (QED) is 0.854. The van der Waals surface area contributed by atoms with E-state index in [9.17, 15) is 13.2 Å². The van der Waals surface area contributed by atoms with Gasteiger partial charge in [-0.05, 0) is 41.3 Å². The van der Waals surface area contributed by atoms with Gasteiger partial charge in [0.05, 0.1) is 13.2 Å². The van der Waals surface area contributed by atoms with E-state index in [4.69, 9.17) is 10.5 Å². The summed E-state index contributed by atoms with van der Waals surface area (Å²) in [4.78, 5) is 0. The van der Waals surface area contributed by atoms with Gasteiger partial charge in [-0.1, -0.05) is 32.0 Å². The van der Waals surface area contributed by atoms with Crippen molar-refractivity contribution in [2.45, 2.75) is 32.2 Å². The molecule has 2 N–H and O–H groups in total. The Kier molecular flexibility index (Phi) is 5.39. The number of nitrogens with two attached hydrogens (primary N) is 1. The van der Waals surface area contributed by atoms with Crippen LogP contribution in [0.25, 0.3) is 0 Å². The number of benzene rings is 2. The first-order valence-corrected chi connectivity index (χ1v) is 7.50. The molecule has 0 aliphatic carbocycles. The van der Waals surface area contributed by atoms with E-state index in [-0.39, 0.29) is 5.75 Å². The third-order valence-corrected chi connectivity index (χ3v) is 3.73. The molecule has 0 radical (unpaired) electrons. The molecule has 0 heterocycles. The largest absolute Gasteiger partial charge is 0.573 e. The van der Waals surface area contributed by atoms with E-state index in [0.717, 1.165) is 11.1 Å². The van der Waals surface area contributed by atoms with Crippen LogP contribution < -0.4 is 15.2 Å². The number of halogens is 3. The maximum Gasteiger partial charge on any atom is 0.573 e. The fourth-order valence-corrected chi connectivity index (χ4v) is 2.41. The molecule has 0 amide bonds. The van der Waals surface area contributed by atoms with Gasteiger partial charge in [0.2, 0.25) is 0 Å². The normalized spacial score (nSPS) is 13.0. The SMILES string of the molecule is COc1ccc(C(C)C)cc1[C@@H](N)c1ccc(OC(F)(F)F)cc1. The van der Waals surface area contributed by atoms with E-state index in [0.29, 0.717) is 17.2 Å². The molecule has 0 unspecified atom stereocenters. The van der Waals surface area contributed by atoms with Gasteiger partial charge in [-0.25, -0.2) is 0 Å². The molecule has 1 atom stereocenters. The second kappa shape index (κ2) is 7.13. The number of hydrogen-bond donors (Lipinski definition) is 1. The Hall–Kier alpha value is -2.21. The molecule has 0 spiro atoms. The van der Waals surface area contributed by atoms with Crippen LogP contribution in [0.2, 0.25) is 0 Å². The molecule has 3 nitrogen and oxygen atoms in total. The maximum absolute atomic E-state index is 12.2. The summed E-state index contributed by atoms with van der Waals surface area (Å²) in [5, 5.41) is 0. The molecule has 2 rings (SSSR count). The highest BCUT2D eigenvalue weighted by atomic mass is 19.4. The first-order chi connectivity index (χ1) is 11.2. The van der Waals surface area contributed by atoms with E-state index in [1.54, 1.807) is 7.11 Å². The second-order valence-electron chi connectivity index (χ2n) is 5.75. The van der Waals surface area contributed by atoms with Crippen LogP contribution in [0.1, 0.15) is 42.5 Å². The van der Waals surface area contributed by atoms with Crippen LogP contribution in [0.5, 0.6) is 11.5 Å². The summed E-state index contributed by atoms with van der Waals surface area (Å²) < 4.78 is 45.9. The minimum atomic E-state index is -4.71. The predicted molar refractivity (Wildman–Crippen MR) is 86.2 cm³/mol. The Morgan fingerprint density at radius 1 is 0.958 bits per heavy atom. The highest BCUT2D eigenvalue weighted by molar-refractivity contribution is 5.45. The van der Waals surface area contributed by atoms with Crippen LogP contribution in [0.15, 0.2) is 42.5 Å². The summed E-state index contributed by atoms with van der Waals surface area (Å²) in [7, 11) is 1.56. The smallest absolute Gasteiger partial charge is 0.496 e. The van der Waals surface area contributed by atoms with E-state index in [1.165, 1.54) is 24.3 Å². The molecule has 6 heteroatoms. The molecule has 2 aromatic rings. The predicted octanol–water partition coefficient (Wildman–Crippen LogP) is 4.77. The second-order valence-corrected chi connectivity index (χ2v) is 5.75. The zero-order valence-electron chi connectivity index (χ0n) is 13.7. The Labute approximate surface area is 139 Å². The minimum Gasteiger partial charge on any atom is -0.496 e. The van der Waals surface area contributed by atoms with Crippen molar-refractivity contribution in [2.24, 2.45) is 5.73 Å². The van der Waals surface area contributed by atoms with Crippen molar-refractivity contribution in [3.63, 3.8) is 0 Å². The molecule has 130 valence electrons. The number of methoxy groups -OCH3 is 1. The van der Waals surface area contributed by atoms with Crippen LogP contribution in [0, 0.1) is 0 Å². The third-order valence-electron chi connectivity index (χ3n) is 3.73. The monoisotopic (exact) mass is 339 g/mol. The van der Waals surface area contributed by atoms with Crippen LogP contribution in [0.3, 0.4) is 0 Å². The summed E-state index contributed by atoms with van der Waals surface area (Å²) in [6.07, 6.45) is -4.71. The molecular weight excluding hydrogens is 319 g/mol. The molecule has 0 fully saturated rings. The minimum absolute atomic E-state index is 0.277. The van der Waals surface area contributed by atoms with Gasteiger partial charge in [0, 0.05) is 5.56 Å². The average Bonchev–Trinajstić information content (AvgIpc) is 2.52. The Morgan fingerprint density at radius 3 is 2.04 bits per heavy atom. The fourth-order valence-electron chi connectivity index (χ4n) is 2.41. The fraction of sp³-hybridized carbons (Fsp3) is 0.333. The van der Waals surface area contributed by atoms with Crippen molar-refractivity contribution in [1.82, 2.24) is 0 Å². The molecule has 2 aromatic carbocycles. The standard InChI is InChI=1S/C18H20F3NO2/c1-11(2)13-6-9-16(23-3)15(10-13)17(22)12-4-7-14(8-5-12)24-18(19,20)21/h4-11,17H,22H2,1-3H3/t17-/m0/s1. The van der Waals surface area contributed by atoms with Gasteiger partial charge in [0.25, 0.3) is 0 Å². The van der Waals surface area contributed by atoms with Crippen LogP contribution in [0.4, 0.5) is 13.2 Å². The van der Waals surface area contributed by atoms with Crippen molar-refractivity contribution in [3.8, 4) is 11.5 Å². The van der Waals surface area contributed by atoms with E-state index in [2.05, 4.69) is 18.6 Å². The summed E-state index contributed by atoms with van der Waals surface area (Å²) >= 11 is 0. The number of hydrogen-bond acceptors (Lipinski definition) is 3. The maximum atomic E-state index is 12.2. The molecule has 0 saturated heterocycles. The Bertz CT molecular complexity index is 682. The molecule has 0 aliphatic rings. The van der Waals surface area contributed by atoms with Crippen molar-refractivity contribution < 1.29 is 22.6 Å². The van der Waals surface area contributed by atoms with Crippen LogP contribution in [-0.4, -0.2) is 13.5 Å². The number of alkyl halides is 3. The van der Waals surface area contributed by atoms with E-state index in [1.807, 2.05) is 18.2 Å². The lowest BCUT2D eigenvalue weighted by Crippen LogP contribution is -2.17. The Morgan fingerprint density at radius 2 is 1.54 bits per heavy atom. The number of ether oxygens (including phenoxy) is 2. The Balaban J connectivity index is 2.31. The average molecular weight is 339 g/mol. The van der Waals surface area contributed by atoms with Crippen LogP contribution >= 0.6 is 0 Å². The van der Waals surface area contributed by atoms with Gasteiger partial charge < -0.3 is 15.2 Å². The van der Waals surface area contributed by atoms with Crippen molar-refractivity contribution in [2.75, 3.05) is 7.11 Å². The molecule has 0 aliphatic heterocycles. The van der Waals surface area contributed by atoms with E-state index >= 15 is 0 Å². The summed E-state index contributed by atoms with van der Waals surface area (Å²) in [5.41, 5.74) is 8.86. The molecule has 0 saturated carbocycles. The zero-order valence-corrected chi connectivity index (χ0v) is 13.7. The van der Waals surface area contributed by atoms with Gasteiger partial charge in [0.15, 0.2) is 0 Å². The van der Waals surface area contributed by atoms with Crippen molar-refractivity contribution in [3.05, 3.63) is 59.2 Å². The first-order valence-electron chi connectivity index (χ1n) is 7.50. The molecular formula is C18H20F3NO2. The molecule has 24 heavy (non-hydrogen) atoms. The van der Waals surface area contributed by atoms with Gasteiger partial charge in [0.1, 0.15) is 11.5 Å². The highest BCUT2D eigenvalue weighted by Gasteiger charge is 2.31. The summed E-state index contributed by atoms with van der Waals surface area (Å²) in [5.74, 6) is 0.688. The number of rotatable bonds is 5.